The minimum Gasteiger partial charge on any atom is -0.444 e. The number of anilines is 1. The fraction of sp³-hybridized carbons (Fsp3) is 0.400. The van der Waals surface area contributed by atoms with Crippen molar-refractivity contribution in [2.24, 2.45) is 0 Å². The molecular formula is C20H23BrN2O4. The highest BCUT2D eigenvalue weighted by Gasteiger charge is 2.27. The average molecular weight is 435 g/mol. The molecule has 1 aliphatic heterocycles. The lowest BCUT2D eigenvalue weighted by Crippen LogP contribution is -2.42. The van der Waals surface area contributed by atoms with Crippen LogP contribution in [0.2, 0.25) is 0 Å². The molecular weight excluding hydrogens is 412 g/mol. The van der Waals surface area contributed by atoms with E-state index in [1.165, 1.54) is 4.90 Å². The largest absolute Gasteiger partial charge is 0.444 e. The van der Waals surface area contributed by atoms with E-state index in [9.17, 15) is 9.59 Å². The SMILES string of the molecule is Cc1cccc(NC(=O)CN(C[C@@H]2CCCO2)C(=O)c2ccc(Br)o2)c1C. The summed E-state index contributed by atoms with van der Waals surface area (Å²) in [6.45, 7) is 4.93. The number of ether oxygens (including phenoxy) is 1. The van der Waals surface area contributed by atoms with Crippen LogP contribution in [0.3, 0.4) is 0 Å². The minimum atomic E-state index is -0.327. The lowest BCUT2D eigenvalue weighted by molar-refractivity contribution is -0.117. The van der Waals surface area contributed by atoms with E-state index in [2.05, 4.69) is 21.2 Å². The summed E-state index contributed by atoms with van der Waals surface area (Å²) in [7, 11) is 0. The summed E-state index contributed by atoms with van der Waals surface area (Å²) in [6.07, 6.45) is 1.79. The summed E-state index contributed by atoms with van der Waals surface area (Å²) in [6, 6.07) is 9.00. The maximum Gasteiger partial charge on any atom is 0.290 e. The Labute approximate surface area is 167 Å². The van der Waals surface area contributed by atoms with Crippen LogP contribution in [0.1, 0.15) is 34.5 Å². The Morgan fingerprint density at radius 1 is 1.26 bits per heavy atom. The monoisotopic (exact) mass is 434 g/mol. The van der Waals surface area contributed by atoms with Crippen molar-refractivity contribution in [1.82, 2.24) is 4.90 Å². The van der Waals surface area contributed by atoms with E-state index in [-0.39, 0.29) is 30.2 Å². The van der Waals surface area contributed by atoms with Crippen molar-refractivity contribution in [2.45, 2.75) is 32.8 Å². The predicted molar refractivity (Wildman–Crippen MR) is 106 cm³/mol. The van der Waals surface area contributed by atoms with E-state index in [0.29, 0.717) is 17.8 Å². The Morgan fingerprint density at radius 2 is 2.07 bits per heavy atom. The maximum absolute atomic E-state index is 12.8. The van der Waals surface area contributed by atoms with Crippen LogP contribution in [-0.4, -0.2) is 42.5 Å². The van der Waals surface area contributed by atoms with Gasteiger partial charge in [-0.3, -0.25) is 9.59 Å². The molecule has 1 aromatic carbocycles. The molecule has 0 aliphatic carbocycles. The highest BCUT2D eigenvalue weighted by molar-refractivity contribution is 9.10. The molecule has 1 atom stereocenters. The Balaban J connectivity index is 1.72. The molecule has 1 saturated heterocycles. The van der Waals surface area contributed by atoms with E-state index >= 15 is 0 Å². The summed E-state index contributed by atoms with van der Waals surface area (Å²) in [5.74, 6) is -0.382. The van der Waals surface area contributed by atoms with Gasteiger partial charge in [-0.05, 0) is 71.9 Å². The number of hydrogen-bond donors (Lipinski definition) is 1. The molecule has 2 heterocycles. The van der Waals surface area contributed by atoms with Crippen LogP contribution in [-0.2, 0) is 9.53 Å². The van der Waals surface area contributed by atoms with Crippen LogP contribution in [0.25, 0.3) is 0 Å². The zero-order valence-corrected chi connectivity index (χ0v) is 17.0. The van der Waals surface area contributed by atoms with Gasteiger partial charge >= 0.3 is 0 Å². The third-order valence-corrected chi connectivity index (χ3v) is 5.16. The maximum atomic E-state index is 12.8. The number of amides is 2. The Morgan fingerprint density at radius 3 is 2.74 bits per heavy atom. The third kappa shape index (κ3) is 4.99. The molecule has 7 heteroatoms. The zero-order chi connectivity index (χ0) is 19.4. The average Bonchev–Trinajstić information content (AvgIpc) is 3.29. The summed E-state index contributed by atoms with van der Waals surface area (Å²) >= 11 is 3.21. The number of carbonyl (C=O) groups is 2. The van der Waals surface area contributed by atoms with E-state index in [4.69, 9.17) is 9.15 Å². The Kier molecular flexibility index (Phi) is 6.34. The van der Waals surface area contributed by atoms with Crippen LogP contribution in [0.4, 0.5) is 5.69 Å². The van der Waals surface area contributed by atoms with Gasteiger partial charge in [0.2, 0.25) is 5.91 Å². The second-order valence-electron chi connectivity index (χ2n) is 6.72. The van der Waals surface area contributed by atoms with Gasteiger partial charge in [-0.15, -0.1) is 0 Å². The van der Waals surface area contributed by atoms with Crippen LogP contribution in [0.5, 0.6) is 0 Å². The molecule has 0 unspecified atom stereocenters. The van der Waals surface area contributed by atoms with Crippen molar-refractivity contribution in [3.05, 3.63) is 51.9 Å². The zero-order valence-electron chi connectivity index (χ0n) is 15.5. The molecule has 1 aliphatic rings. The lowest BCUT2D eigenvalue weighted by atomic mass is 10.1. The van der Waals surface area contributed by atoms with Crippen LogP contribution in [0.15, 0.2) is 39.4 Å². The summed E-state index contributed by atoms with van der Waals surface area (Å²) < 4.78 is 11.5. The van der Waals surface area contributed by atoms with Gasteiger partial charge in [0.25, 0.3) is 5.91 Å². The Bertz CT molecular complexity index is 827. The van der Waals surface area contributed by atoms with Crippen molar-refractivity contribution in [3.8, 4) is 0 Å². The standard InChI is InChI=1S/C20H23BrN2O4/c1-13-5-3-7-16(14(13)2)22-19(24)12-23(11-15-6-4-10-26-15)20(25)17-8-9-18(21)27-17/h3,5,7-9,15H,4,6,10-12H2,1-2H3,(H,22,24)/t15-/m0/s1. The molecule has 0 radical (unpaired) electrons. The third-order valence-electron chi connectivity index (χ3n) is 4.73. The highest BCUT2D eigenvalue weighted by atomic mass is 79.9. The van der Waals surface area contributed by atoms with Gasteiger partial charge in [-0.1, -0.05) is 12.1 Å². The second-order valence-corrected chi connectivity index (χ2v) is 7.50. The van der Waals surface area contributed by atoms with E-state index in [1.807, 2.05) is 32.0 Å². The second kappa shape index (κ2) is 8.71. The van der Waals surface area contributed by atoms with Crippen molar-refractivity contribution < 1.29 is 18.7 Å². The quantitative estimate of drug-likeness (QED) is 0.747. The smallest absolute Gasteiger partial charge is 0.290 e. The summed E-state index contributed by atoms with van der Waals surface area (Å²) in [5, 5.41) is 2.90. The molecule has 1 N–H and O–H groups in total. The fourth-order valence-corrected chi connectivity index (χ4v) is 3.39. The lowest BCUT2D eigenvalue weighted by Gasteiger charge is -2.24. The molecule has 0 saturated carbocycles. The van der Waals surface area contributed by atoms with Crippen LogP contribution in [0, 0.1) is 13.8 Å². The summed E-state index contributed by atoms with van der Waals surface area (Å²) in [4.78, 5) is 26.9. The Hall–Kier alpha value is -2.12. The summed E-state index contributed by atoms with van der Waals surface area (Å²) in [5.41, 5.74) is 2.86. The molecule has 0 spiro atoms. The van der Waals surface area contributed by atoms with Crippen LogP contribution >= 0.6 is 15.9 Å². The van der Waals surface area contributed by atoms with Crippen molar-refractivity contribution in [3.63, 3.8) is 0 Å². The highest BCUT2D eigenvalue weighted by Crippen LogP contribution is 2.20. The van der Waals surface area contributed by atoms with Gasteiger partial charge in [-0.25, -0.2) is 0 Å². The number of hydrogen-bond acceptors (Lipinski definition) is 4. The van der Waals surface area contributed by atoms with E-state index in [1.54, 1.807) is 12.1 Å². The number of benzene rings is 1. The fourth-order valence-electron chi connectivity index (χ4n) is 3.09. The molecule has 2 amide bonds. The number of furan rings is 1. The topological polar surface area (TPSA) is 71.8 Å². The van der Waals surface area contributed by atoms with Gasteiger partial charge < -0.3 is 19.4 Å². The van der Waals surface area contributed by atoms with E-state index in [0.717, 1.165) is 29.7 Å². The molecule has 3 rings (SSSR count). The van der Waals surface area contributed by atoms with Crippen molar-refractivity contribution >= 4 is 33.4 Å². The number of nitrogens with one attached hydrogen (secondary N) is 1. The molecule has 1 aromatic heterocycles. The molecule has 6 nitrogen and oxygen atoms in total. The molecule has 0 bridgehead atoms. The number of nitrogens with zero attached hydrogens (tertiary/aromatic N) is 1. The number of carbonyl (C=O) groups excluding carboxylic acids is 2. The van der Waals surface area contributed by atoms with Gasteiger partial charge in [0.1, 0.15) is 6.54 Å². The van der Waals surface area contributed by atoms with Crippen LogP contribution < -0.4 is 5.32 Å². The molecule has 1 fully saturated rings. The van der Waals surface area contributed by atoms with Gasteiger partial charge in [0.05, 0.1) is 6.10 Å². The molecule has 27 heavy (non-hydrogen) atoms. The van der Waals surface area contributed by atoms with Crippen molar-refractivity contribution in [2.75, 3.05) is 25.0 Å². The van der Waals surface area contributed by atoms with Gasteiger partial charge in [0, 0.05) is 18.8 Å². The first-order valence-corrected chi connectivity index (χ1v) is 9.75. The first-order chi connectivity index (χ1) is 12.9. The number of aryl methyl sites for hydroxylation is 1. The normalized spacial score (nSPS) is 16.3. The number of halogens is 1. The van der Waals surface area contributed by atoms with Crippen molar-refractivity contribution in [1.29, 1.82) is 0 Å². The minimum absolute atomic E-state index is 0.0548. The number of rotatable bonds is 6. The first-order valence-electron chi connectivity index (χ1n) is 8.96. The first kappa shape index (κ1) is 19.6. The predicted octanol–water partition coefficient (Wildman–Crippen LogP) is 3.92. The molecule has 144 valence electrons. The van der Waals surface area contributed by atoms with Gasteiger partial charge in [-0.2, -0.15) is 0 Å². The van der Waals surface area contributed by atoms with E-state index < -0.39 is 0 Å². The molecule has 2 aromatic rings. The van der Waals surface area contributed by atoms with Gasteiger partial charge in [0.15, 0.2) is 10.4 Å².